The maximum atomic E-state index is 12.3. The molecule has 0 unspecified atom stereocenters. The lowest BCUT2D eigenvalue weighted by Crippen LogP contribution is -2.32. The highest BCUT2D eigenvalue weighted by Gasteiger charge is 2.41. The number of amides is 1. The Morgan fingerprint density at radius 2 is 2.00 bits per heavy atom. The van der Waals surface area contributed by atoms with Crippen molar-refractivity contribution in [2.45, 2.75) is 19.4 Å². The molecule has 6 heteroatoms. The van der Waals surface area contributed by atoms with Crippen LogP contribution in [-0.4, -0.2) is 42.0 Å². The molecule has 1 amide bonds. The summed E-state index contributed by atoms with van der Waals surface area (Å²) < 4.78 is 5.00. The predicted molar refractivity (Wildman–Crippen MR) is 82.7 cm³/mol. The van der Waals surface area contributed by atoms with E-state index < -0.39 is 17.7 Å². The van der Waals surface area contributed by atoms with E-state index >= 15 is 0 Å². The van der Waals surface area contributed by atoms with Gasteiger partial charge in [-0.15, -0.1) is 0 Å². The van der Waals surface area contributed by atoms with Crippen LogP contribution in [0.2, 0.25) is 5.02 Å². The second-order valence-corrected chi connectivity index (χ2v) is 5.55. The van der Waals surface area contributed by atoms with Gasteiger partial charge in [-0.05, 0) is 31.0 Å². The lowest BCUT2D eigenvalue weighted by Gasteiger charge is -2.26. The van der Waals surface area contributed by atoms with Crippen LogP contribution < -0.4 is 0 Å². The van der Waals surface area contributed by atoms with E-state index in [4.69, 9.17) is 16.3 Å². The van der Waals surface area contributed by atoms with Crippen molar-refractivity contribution in [2.24, 2.45) is 0 Å². The summed E-state index contributed by atoms with van der Waals surface area (Å²) in [5.41, 5.74) is 0.870. The van der Waals surface area contributed by atoms with E-state index in [2.05, 4.69) is 0 Å². The van der Waals surface area contributed by atoms with Gasteiger partial charge in [0.1, 0.15) is 0 Å². The monoisotopic (exact) mass is 323 g/mol. The normalized spacial score (nSPS) is 18.2. The number of hydrogen-bond acceptors (Lipinski definition) is 4. The van der Waals surface area contributed by atoms with Crippen LogP contribution >= 0.6 is 11.6 Å². The largest absolute Gasteiger partial charge is 0.503 e. The molecule has 0 saturated heterocycles. The summed E-state index contributed by atoms with van der Waals surface area (Å²) in [6.07, 6.45) is 0.616. The van der Waals surface area contributed by atoms with Gasteiger partial charge < -0.3 is 14.7 Å². The highest BCUT2D eigenvalue weighted by atomic mass is 35.5. The average molecular weight is 324 g/mol. The van der Waals surface area contributed by atoms with Gasteiger partial charge in [-0.2, -0.15) is 0 Å². The summed E-state index contributed by atoms with van der Waals surface area (Å²) in [4.78, 5) is 25.6. The summed E-state index contributed by atoms with van der Waals surface area (Å²) in [6.45, 7) is 2.23. The average Bonchev–Trinajstić information content (AvgIpc) is 2.73. The van der Waals surface area contributed by atoms with Crippen molar-refractivity contribution in [3.05, 3.63) is 46.2 Å². The zero-order valence-corrected chi connectivity index (χ0v) is 13.3. The summed E-state index contributed by atoms with van der Waals surface area (Å²) >= 11 is 5.89. The van der Waals surface area contributed by atoms with Crippen molar-refractivity contribution < 1.29 is 19.4 Å². The summed E-state index contributed by atoms with van der Waals surface area (Å²) in [5, 5.41) is 10.6. The van der Waals surface area contributed by atoms with Gasteiger partial charge in [-0.1, -0.05) is 23.7 Å². The molecule has 0 aromatic heterocycles. The van der Waals surface area contributed by atoms with Crippen molar-refractivity contribution in [1.82, 2.24) is 4.90 Å². The Labute approximate surface area is 134 Å². The molecule has 0 saturated carbocycles. The number of aliphatic hydroxyl groups excluding tert-OH is 1. The Kier molecular flexibility index (Phi) is 5.21. The third-order valence-corrected chi connectivity index (χ3v) is 3.87. The fraction of sp³-hybridized carbons (Fsp3) is 0.375. The first-order chi connectivity index (χ1) is 10.5. The quantitative estimate of drug-likeness (QED) is 0.817. The number of Topliss-reactive ketones (excluding diaryl/α,β-unsaturated/α-hetero) is 1. The summed E-state index contributed by atoms with van der Waals surface area (Å²) in [6, 6.07) is 6.32. The van der Waals surface area contributed by atoms with E-state index in [0.29, 0.717) is 24.6 Å². The summed E-state index contributed by atoms with van der Waals surface area (Å²) in [5.74, 6) is -1.31. The van der Waals surface area contributed by atoms with Gasteiger partial charge in [0, 0.05) is 25.3 Å². The Morgan fingerprint density at radius 3 is 2.55 bits per heavy atom. The van der Waals surface area contributed by atoms with Crippen molar-refractivity contribution in [3.8, 4) is 0 Å². The smallest absolute Gasteiger partial charge is 0.290 e. The van der Waals surface area contributed by atoms with E-state index in [9.17, 15) is 14.7 Å². The first-order valence-corrected chi connectivity index (χ1v) is 7.34. The van der Waals surface area contributed by atoms with Gasteiger partial charge in [-0.3, -0.25) is 9.59 Å². The molecule has 1 aromatic carbocycles. The van der Waals surface area contributed by atoms with Crippen molar-refractivity contribution >= 4 is 23.3 Å². The Morgan fingerprint density at radius 1 is 1.36 bits per heavy atom. The fourth-order valence-corrected chi connectivity index (χ4v) is 2.74. The van der Waals surface area contributed by atoms with Gasteiger partial charge >= 0.3 is 0 Å². The maximum absolute atomic E-state index is 12.3. The van der Waals surface area contributed by atoms with Crippen molar-refractivity contribution in [3.63, 3.8) is 0 Å². The van der Waals surface area contributed by atoms with Gasteiger partial charge in [0.25, 0.3) is 5.91 Å². The molecule has 0 spiro atoms. The molecule has 1 aliphatic heterocycles. The minimum Gasteiger partial charge on any atom is -0.503 e. The van der Waals surface area contributed by atoms with Gasteiger partial charge in [0.15, 0.2) is 11.5 Å². The second kappa shape index (κ2) is 6.94. The number of ketones is 1. The molecule has 1 heterocycles. The molecule has 1 aromatic rings. The number of carbonyl (C=O) groups is 2. The first-order valence-electron chi connectivity index (χ1n) is 6.96. The van der Waals surface area contributed by atoms with Gasteiger partial charge in [-0.25, -0.2) is 0 Å². The number of carbonyl (C=O) groups excluding carboxylic acids is 2. The standard InChI is InChI=1S/C16H18ClNO4/c1-10(19)13-14(11-4-6-12(17)7-5-11)18(8-3-9-22-2)16(21)15(13)20/h4-7,14,20H,3,8-9H2,1-2H3/t14-/m0/s1. The highest BCUT2D eigenvalue weighted by Crippen LogP contribution is 2.37. The van der Waals surface area contributed by atoms with Crippen LogP contribution in [0.15, 0.2) is 35.6 Å². The zero-order valence-electron chi connectivity index (χ0n) is 12.5. The molecule has 1 N–H and O–H groups in total. The number of hydrogen-bond donors (Lipinski definition) is 1. The number of nitrogens with zero attached hydrogens (tertiary/aromatic N) is 1. The van der Waals surface area contributed by atoms with Crippen LogP contribution in [0.3, 0.4) is 0 Å². The minimum atomic E-state index is -0.584. The molecule has 0 aliphatic carbocycles. The Bertz CT molecular complexity index is 609. The second-order valence-electron chi connectivity index (χ2n) is 5.12. The minimum absolute atomic E-state index is 0.129. The molecular weight excluding hydrogens is 306 g/mol. The maximum Gasteiger partial charge on any atom is 0.290 e. The third-order valence-electron chi connectivity index (χ3n) is 3.62. The van der Waals surface area contributed by atoms with Crippen LogP contribution in [0, 0.1) is 0 Å². The molecule has 0 bridgehead atoms. The van der Waals surface area contributed by atoms with E-state index in [1.807, 2.05) is 0 Å². The Balaban J connectivity index is 2.39. The molecule has 0 fully saturated rings. The zero-order chi connectivity index (χ0) is 16.3. The fourth-order valence-electron chi connectivity index (χ4n) is 2.61. The van der Waals surface area contributed by atoms with Crippen LogP contribution in [0.25, 0.3) is 0 Å². The molecule has 5 nitrogen and oxygen atoms in total. The first kappa shape index (κ1) is 16.5. The molecule has 1 aliphatic rings. The lowest BCUT2D eigenvalue weighted by atomic mass is 9.97. The van der Waals surface area contributed by atoms with E-state index in [1.54, 1.807) is 31.4 Å². The molecule has 118 valence electrons. The Hall–Kier alpha value is -1.85. The summed E-state index contributed by atoms with van der Waals surface area (Å²) in [7, 11) is 1.58. The highest BCUT2D eigenvalue weighted by molar-refractivity contribution is 6.30. The van der Waals surface area contributed by atoms with E-state index in [-0.39, 0.29) is 11.4 Å². The van der Waals surface area contributed by atoms with Gasteiger partial charge in [0.2, 0.25) is 0 Å². The van der Waals surface area contributed by atoms with Crippen LogP contribution in [-0.2, 0) is 14.3 Å². The number of ether oxygens (including phenoxy) is 1. The number of rotatable bonds is 6. The molecule has 22 heavy (non-hydrogen) atoms. The molecule has 2 rings (SSSR count). The lowest BCUT2D eigenvalue weighted by molar-refractivity contribution is -0.129. The predicted octanol–water partition coefficient (Wildman–Crippen LogP) is 2.66. The number of aliphatic hydroxyl groups is 1. The van der Waals surface area contributed by atoms with Crippen LogP contribution in [0.5, 0.6) is 0 Å². The molecular formula is C16H18ClNO4. The molecule has 1 atom stereocenters. The molecule has 0 radical (unpaired) electrons. The van der Waals surface area contributed by atoms with Gasteiger partial charge in [0.05, 0.1) is 11.6 Å². The topological polar surface area (TPSA) is 66.8 Å². The van der Waals surface area contributed by atoms with Crippen LogP contribution in [0.4, 0.5) is 0 Å². The van der Waals surface area contributed by atoms with Crippen LogP contribution in [0.1, 0.15) is 24.9 Å². The van der Waals surface area contributed by atoms with Crippen molar-refractivity contribution in [2.75, 3.05) is 20.3 Å². The van der Waals surface area contributed by atoms with E-state index in [1.165, 1.54) is 11.8 Å². The number of methoxy groups -OCH3 is 1. The van der Waals surface area contributed by atoms with E-state index in [0.717, 1.165) is 5.56 Å². The third kappa shape index (κ3) is 3.15. The number of benzene rings is 1. The van der Waals surface area contributed by atoms with Crippen molar-refractivity contribution in [1.29, 1.82) is 0 Å². The SMILES string of the molecule is COCCCN1C(=O)C(O)=C(C(C)=O)[C@@H]1c1ccc(Cl)cc1. The number of halogens is 1.